The van der Waals surface area contributed by atoms with Crippen LogP contribution in [0.15, 0.2) is 16.9 Å². The van der Waals surface area contributed by atoms with Crippen LogP contribution in [-0.2, 0) is 0 Å². The standard InChI is InChI=1S/C14H22BrN3/c1-10-2-4-11(5-3-10)6-7-18-14-12(15)8-17-9-13(14)16/h8-11H,2-7,16H2,1H3,(H,17,18). The second-order valence-corrected chi connectivity index (χ2v) is 6.28. The number of hydrogen-bond acceptors (Lipinski definition) is 3. The Balaban J connectivity index is 1.78. The van der Waals surface area contributed by atoms with Crippen LogP contribution in [0.3, 0.4) is 0 Å². The lowest BCUT2D eigenvalue weighted by Gasteiger charge is -2.26. The van der Waals surface area contributed by atoms with Crippen molar-refractivity contribution in [2.75, 3.05) is 17.6 Å². The lowest BCUT2D eigenvalue weighted by molar-refractivity contribution is 0.282. The molecule has 18 heavy (non-hydrogen) atoms. The Morgan fingerprint density at radius 1 is 1.33 bits per heavy atom. The Kier molecular flexibility index (Phi) is 4.87. The largest absolute Gasteiger partial charge is 0.396 e. The average Bonchev–Trinajstić information content (AvgIpc) is 2.35. The number of aromatic nitrogens is 1. The van der Waals surface area contributed by atoms with Gasteiger partial charge >= 0.3 is 0 Å². The fraction of sp³-hybridized carbons (Fsp3) is 0.643. The van der Waals surface area contributed by atoms with Crippen LogP contribution in [0.2, 0.25) is 0 Å². The maximum absolute atomic E-state index is 5.90. The van der Waals surface area contributed by atoms with Gasteiger partial charge in [-0.05, 0) is 34.2 Å². The van der Waals surface area contributed by atoms with E-state index in [1.807, 2.05) is 0 Å². The zero-order valence-corrected chi connectivity index (χ0v) is 12.5. The summed E-state index contributed by atoms with van der Waals surface area (Å²) in [6.07, 6.45) is 10.3. The third-order valence-corrected chi connectivity index (χ3v) is 4.52. The van der Waals surface area contributed by atoms with Crippen molar-refractivity contribution < 1.29 is 0 Å². The Morgan fingerprint density at radius 2 is 2.06 bits per heavy atom. The molecule has 0 amide bonds. The molecule has 3 N–H and O–H groups in total. The quantitative estimate of drug-likeness (QED) is 0.881. The molecule has 1 aromatic heterocycles. The molecule has 3 nitrogen and oxygen atoms in total. The molecule has 4 heteroatoms. The monoisotopic (exact) mass is 311 g/mol. The van der Waals surface area contributed by atoms with Gasteiger partial charge < -0.3 is 11.1 Å². The molecular weight excluding hydrogens is 290 g/mol. The summed E-state index contributed by atoms with van der Waals surface area (Å²) in [6, 6.07) is 0. The van der Waals surface area contributed by atoms with Crippen molar-refractivity contribution in [1.29, 1.82) is 0 Å². The van der Waals surface area contributed by atoms with Gasteiger partial charge in [0, 0.05) is 12.7 Å². The smallest absolute Gasteiger partial charge is 0.0750 e. The lowest BCUT2D eigenvalue weighted by Crippen LogP contribution is -2.16. The van der Waals surface area contributed by atoms with Gasteiger partial charge in [0.15, 0.2) is 0 Å². The molecule has 1 heterocycles. The molecule has 1 aliphatic carbocycles. The maximum Gasteiger partial charge on any atom is 0.0750 e. The first-order chi connectivity index (χ1) is 8.66. The fourth-order valence-electron chi connectivity index (χ4n) is 2.66. The predicted octanol–water partition coefficient (Wildman–Crippen LogP) is 4.05. The maximum atomic E-state index is 5.90. The van der Waals surface area contributed by atoms with Crippen LogP contribution in [0.5, 0.6) is 0 Å². The van der Waals surface area contributed by atoms with E-state index in [2.05, 4.69) is 33.2 Å². The number of nitrogens with one attached hydrogen (secondary N) is 1. The van der Waals surface area contributed by atoms with E-state index >= 15 is 0 Å². The molecule has 100 valence electrons. The number of pyridine rings is 1. The molecule has 1 fully saturated rings. The molecule has 1 aromatic rings. The Morgan fingerprint density at radius 3 is 2.72 bits per heavy atom. The van der Waals surface area contributed by atoms with Gasteiger partial charge in [-0.3, -0.25) is 4.98 Å². The molecule has 0 bridgehead atoms. The minimum Gasteiger partial charge on any atom is -0.396 e. The average molecular weight is 312 g/mol. The number of anilines is 2. The summed E-state index contributed by atoms with van der Waals surface area (Å²) < 4.78 is 0.944. The Hall–Kier alpha value is -0.770. The number of nitrogen functional groups attached to an aromatic ring is 1. The van der Waals surface area contributed by atoms with Crippen molar-refractivity contribution in [1.82, 2.24) is 4.98 Å². The van der Waals surface area contributed by atoms with Crippen LogP contribution >= 0.6 is 15.9 Å². The van der Waals surface area contributed by atoms with Gasteiger partial charge in [0.2, 0.25) is 0 Å². The minimum atomic E-state index is 0.710. The summed E-state index contributed by atoms with van der Waals surface area (Å²) in [5, 5.41) is 3.43. The first kappa shape index (κ1) is 13.7. The van der Waals surface area contributed by atoms with E-state index in [0.717, 1.165) is 28.5 Å². The highest BCUT2D eigenvalue weighted by Crippen LogP contribution is 2.31. The van der Waals surface area contributed by atoms with Gasteiger partial charge in [0.05, 0.1) is 22.0 Å². The normalized spacial score (nSPS) is 23.9. The van der Waals surface area contributed by atoms with E-state index in [1.165, 1.54) is 32.1 Å². The summed E-state index contributed by atoms with van der Waals surface area (Å²) in [5.41, 5.74) is 7.59. The first-order valence-corrected chi connectivity index (χ1v) is 7.59. The zero-order chi connectivity index (χ0) is 13.0. The second-order valence-electron chi connectivity index (χ2n) is 5.43. The second kappa shape index (κ2) is 6.41. The van der Waals surface area contributed by atoms with Crippen LogP contribution in [0.1, 0.15) is 39.0 Å². The summed E-state index contributed by atoms with van der Waals surface area (Å²) in [6.45, 7) is 3.36. The van der Waals surface area contributed by atoms with Crippen molar-refractivity contribution in [2.45, 2.75) is 39.0 Å². The molecule has 0 spiro atoms. The van der Waals surface area contributed by atoms with Gasteiger partial charge in [-0.2, -0.15) is 0 Å². The third-order valence-electron chi connectivity index (χ3n) is 3.92. The first-order valence-electron chi connectivity index (χ1n) is 6.79. The molecule has 0 aromatic carbocycles. The number of nitrogens with two attached hydrogens (primary N) is 1. The number of hydrogen-bond donors (Lipinski definition) is 2. The van der Waals surface area contributed by atoms with E-state index in [0.29, 0.717) is 5.69 Å². The predicted molar refractivity (Wildman–Crippen MR) is 80.6 cm³/mol. The van der Waals surface area contributed by atoms with E-state index in [9.17, 15) is 0 Å². The van der Waals surface area contributed by atoms with Crippen LogP contribution in [-0.4, -0.2) is 11.5 Å². The molecule has 1 saturated carbocycles. The highest BCUT2D eigenvalue weighted by atomic mass is 79.9. The van der Waals surface area contributed by atoms with Crippen molar-refractivity contribution in [3.05, 3.63) is 16.9 Å². The molecular formula is C14H22BrN3. The van der Waals surface area contributed by atoms with Gasteiger partial charge in [0.25, 0.3) is 0 Å². The van der Waals surface area contributed by atoms with E-state index < -0.39 is 0 Å². The third kappa shape index (κ3) is 3.61. The van der Waals surface area contributed by atoms with Gasteiger partial charge in [-0.25, -0.2) is 0 Å². The summed E-state index contributed by atoms with van der Waals surface area (Å²) >= 11 is 3.48. The Bertz CT molecular complexity index is 366. The summed E-state index contributed by atoms with van der Waals surface area (Å²) in [5.74, 6) is 1.81. The highest BCUT2D eigenvalue weighted by molar-refractivity contribution is 9.10. The molecule has 0 aliphatic heterocycles. The van der Waals surface area contributed by atoms with Crippen molar-refractivity contribution >= 4 is 27.3 Å². The van der Waals surface area contributed by atoms with E-state index in [-0.39, 0.29) is 0 Å². The molecule has 2 rings (SSSR count). The van der Waals surface area contributed by atoms with E-state index in [1.54, 1.807) is 12.4 Å². The van der Waals surface area contributed by atoms with E-state index in [4.69, 9.17) is 5.73 Å². The molecule has 0 radical (unpaired) electrons. The zero-order valence-electron chi connectivity index (χ0n) is 11.0. The van der Waals surface area contributed by atoms with Crippen molar-refractivity contribution in [3.63, 3.8) is 0 Å². The van der Waals surface area contributed by atoms with Crippen LogP contribution in [0, 0.1) is 11.8 Å². The summed E-state index contributed by atoms with van der Waals surface area (Å²) in [4.78, 5) is 4.04. The summed E-state index contributed by atoms with van der Waals surface area (Å²) in [7, 11) is 0. The molecule has 0 atom stereocenters. The van der Waals surface area contributed by atoms with Crippen LogP contribution in [0.4, 0.5) is 11.4 Å². The molecule has 0 unspecified atom stereocenters. The van der Waals surface area contributed by atoms with Gasteiger partial charge in [0.1, 0.15) is 0 Å². The van der Waals surface area contributed by atoms with Crippen LogP contribution < -0.4 is 11.1 Å². The number of halogens is 1. The SMILES string of the molecule is CC1CCC(CCNc2c(N)cncc2Br)CC1. The molecule has 0 saturated heterocycles. The van der Waals surface area contributed by atoms with Gasteiger partial charge in [-0.15, -0.1) is 0 Å². The van der Waals surface area contributed by atoms with Gasteiger partial charge in [-0.1, -0.05) is 32.6 Å². The topological polar surface area (TPSA) is 50.9 Å². The van der Waals surface area contributed by atoms with Crippen molar-refractivity contribution in [2.24, 2.45) is 11.8 Å². The van der Waals surface area contributed by atoms with Crippen LogP contribution in [0.25, 0.3) is 0 Å². The minimum absolute atomic E-state index is 0.710. The lowest BCUT2D eigenvalue weighted by atomic mass is 9.81. The highest BCUT2D eigenvalue weighted by Gasteiger charge is 2.17. The van der Waals surface area contributed by atoms with Crippen molar-refractivity contribution in [3.8, 4) is 0 Å². The fourth-order valence-corrected chi connectivity index (χ4v) is 3.14. The number of nitrogens with zero attached hydrogens (tertiary/aromatic N) is 1. The number of rotatable bonds is 4. The Labute approximate surface area is 118 Å². The molecule has 1 aliphatic rings.